The summed E-state index contributed by atoms with van der Waals surface area (Å²) in [5.74, 6) is -3.34. The van der Waals surface area contributed by atoms with Crippen LogP contribution in [0, 0.1) is 0 Å². The Hall–Kier alpha value is -2.22. The molecular weight excluding hydrogens is 309 g/mol. The Morgan fingerprint density at radius 3 is 1.95 bits per heavy atom. The predicted octanol–water partition coefficient (Wildman–Crippen LogP) is 3.98. The summed E-state index contributed by atoms with van der Waals surface area (Å²) in [6.07, 6.45) is -3.88. The molecular formula is C14H10F5NO2. The number of halogens is 5. The van der Waals surface area contributed by atoms with Crippen LogP contribution >= 0.6 is 0 Å². The molecule has 2 aromatic rings. The largest absolute Gasteiger partial charge is 0.439 e. The number of hydrogen-bond acceptors (Lipinski definition) is 3. The smallest absolute Gasteiger partial charge is 0.417 e. The van der Waals surface area contributed by atoms with Gasteiger partial charge in [0.1, 0.15) is 12.4 Å². The quantitative estimate of drug-likeness (QED) is 0.867. The fourth-order valence-corrected chi connectivity index (χ4v) is 1.59. The molecule has 0 fully saturated rings. The number of aliphatic hydroxyl groups is 1. The van der Waals surface area contributed by atoms with Crippen LogP contribution in [0.1, 0.15) is 11.1 Å². The van der Waals surface area contributed by atoms with Crippen LogP contribution in [0.2, 0.25) is 0 Å². The summed E-state index contributed by atoms with van der Waals surface area (Å²) >= 11 is 0. The van der Waals surface area contributed by atoms with E-state index in [9.17, 15) is 22.0 Å². The molecule has 0 spiro atoms. The average Bonchev–Trinajstić information content (AvgIpc) is 2.47. The van der Waals surface area contributed by atoms with Gasteiger partial charge in [-0.05, 0) is 30.3 Å². The van der Waals surface area contributed by atoms with Gasteiger partial charge in [-0.1, -0.05) is 0 Å². The molecule has 0 aliphatic heterocycles. The fraction of sp³-hybridized carbons (Fsp3) is 0.214. The summed E-state index contributed by atoms with van der Waals surface area (Å²) in [4.78, 5) is 3.50. The number of benzene rings is 1. The Kier molecular flexibility index (Phi) is 4.32. The van der Waals surface area contributed by atoms with Gasteiger partial charge in [0, 0.05) is 17.8 Å². The van der Waals surface area contributed by atoms with Gasteiger partial charge in [-0.25, -0.2) is 4.98 Å². The highest BCUT2D eigenvalue weighted by molar-refractivity contribution is 5.33. The first-order valence-corrected chi connectivity index (χ1v) is 6.03. The third-order valence-electron chi connectivity index (χ3n) is 2.76. The topological polar surface area (TPSA) is 42.4 Å². The van der Waals surface area contributed by atoms with Crippen LogP contribution in [0.4, 0.5) is 22.0 Å². The van der Waals surface area contributed by atoms with Gasteiger partial charge in [-0.15, -0.1) is 0 Å². The monoisotopic (exact) mass is 319 g/mol. The molecule has 2 rings (SSSR count). The van der Waals surface area contributed by atoms with Crippen molar-refractivity contribution in [2.75, 3.05) is 6.61 Å². The van der Waals surface area contributed by atoms with Crippen LogP contribution in [-0.2, 0) is 12.1 Å². The van der Waals surface area contributed by atoms with Gasteiger partial charge in [0.25, 0.3) is 5.92 Å². The molecule has 118 valence electrons. The summed E-state index contributed by atoms with van der Waals surface area (Å²) in [7, 11) is 0. The first-order chi connectivity index (χ1) is 10.2. The van der Waals surface area contributed by atoms with Gasteiger partial charge in [0.2, 0.25) is 5.88 Å². The van der Waals surface area contributed by atoms with Gasteiger partial charge in [-0.2, -0.15) is 22.0 Å². The molecule has 22 heavy (non-hydrogen) atoms. The lowest BCUT2D eigenvalue weighted by molar-refractivity contribution is -0.137. The number of rotatable bonds is 4. The Balaban J connectivity index is 2.11. The van der Waals surface area contributed by atoms with Crippen molar-refractivity contribution in [3.63, 3.8) is 0 Å². The van der Waals surface area contributed by atoms with E-state index in [1.54, 1.807) is 0 Å². The minimum atomic E-state index is -4.50. The highest BCUT2D eigenvalue weighted by Crippen LogP contribution is 2.31. The summed E-state index contributed by atoms with van der Waals surface area (Å²) in [5.41, 5.74) is -1.32. The molecule has 0 radical (unpaired) electrons. The standard InChI is InChI=1S/C14H10F5NO2/c15-13(16,8-21)9-1-4-11(5-2-9)22-12-6-3-10(7-20-12)14(17,18)19/h1-7,21H,8H2. The number of alkyl halides is 5. The minimum absolute atomic E-state index is 0.102. The number of pyridine rings is 1. The number of aliphatic hydroxyl groups excluding tert-OH is 1. The molecule has 8 heteroatoms. The van der Waals surface area contributed by atoms with Crippen molar-refractivity contribution in [3.8, 4) is 11.6 Å². The van der Waals surface area contributed by atoms with Crippen molar-refractivity contribution >= 4 is 0 Å². The summed E-state index contributed by atoms with van der Waals surface area (Å²) in [6.45, 7) is -1.33. The Morgan fingerprint density at radius 1 is 0.909 bits per heavy atom. The maximum atomic E-state index is 13.2. The van der Waals surface area contributed by atoms with Crippen molar-refractivity contribution < 1.29 is 31.8 Å². The maximum Gasteiger partial charge on any atom is 0.417 e. The van der Waals surface area contributed by atoms with Crippen molar-refractivity contribution in [3.05, 3.63) is 53.7 Å². The van der Waals surface area contributed by atoms with E-state index in [2.05, 4.69) is 4.98 Å². The molecule has 1 heterocycles. The van der Waals surface area contributed by atoms with E-state index < -0.39 is 29.8 Å². The second-order valence-electron chi connectivity index (χ2n) is 4.37. The van der Waals surface area contributed by atoms with Crippen LogP contribution in [-0.4, -0.2) is 16.7 Å². The Labute approximate surface area is 122 Å². The van der Waals surface area contributed by atoms with E-state index in [-0.39, 0.29) is 11.6 Å². The molecule has 0 bridgehead atoms. The van der Waals surface area contributed by atoms with Crippen molar-refractivity contribution in [2.24, 2.45) is 0 Å². The zero-order chi connectivity index (χ0) is 16.4. The third kappa shape index (κ3) is 3.70. The lowest BCUT2D eigenvalue weighted by atomic mass is 10.1. The fourth-order valence-electron chi connectivity index (χ4n) is 1.59. The highest BCUT2D eigenvalue weighted by atomic mass is 19.4. The minimum Gasteiger partial charge on any atom is -0.439 e. The normalized spacial score (nSPS) is 12.3. The summed E-state index contributed by atoms with van der Waals surface area (Å²) in [5, 5.41) is 8.56. The first kappa shape index (κ1) is 16.2. The molecule has 3 nitrogen and oxygen atoms in total. The number of aromatic nitrogens is 1. The van der Waals surface area contributed by atoms with Crippen LogP contribution in [0.5, 0.6) is 11.6 Å². The van der Waals surface area contributed by atoms with E-state index >= 15 is 0 Å². The van der Waals surface area contributed by atoms with Gasteiger partial charge < -0.3 is 9.84 Å². The lowest BCUT2D eigenvalue weighted by Crippen LogP contribution is -2.18. The third-order valence-corrected chi connectivity index (χ3v) is 2.76. The molecule has 0 aliphatic rings. The molecule has 1 N–H and O–H groups in total. The molecule has 1 aromatic heterocycles. The summed E-state index contributed by atoms with van der Waals surface area (Å²) in [6, 6.07) is 6.34. The van der Waals surface area contributed by atoms with Crippen LogP contribution in [0.25, 0.3) is 0 Å². The molecule has 0 saturated carbocycles. The molecule has 0 saturated heterocycles. The van der Waals surface area contributed by atoms with Crippen LogP contribution < -0.4 is 4.74 Å². The number of ether oxygens (including phenoxy) is 1. The molecule has 0 amide bonds. The van der Waals surface area contributed by atoms with Crippen molar-refractivity contribution in [2.45, 2.75) is 12.1 Å². The zero-order valence-corrected chi connectivity index (χ0v) is 10.9. The Bertz CT molecular complexity index is 623. The van der Waals surface area contributed by atoms with Crippen molar-refractivity contribution in [1.29, 1.82) is 0 Å². The van der Waals surface area contributed by atoms with Gasteiger partial charge in [0.05, 0.1) is 5.56 Å². The zero-order valence-electron chi connectivity index (χ0n) is 10.9. The summed E-state index contributed by atoms with van der Waals surface area (Å²) < 4.78 is 68.6. The van der Waals surface area contributed by atoms with Gasteiger partial charge in [-0.3, -0.25) is 0 Å². The lowest BCUT2D eigenvalue weighted by Gasteiger charge is -2.14. The van der Waals surface area contributed by atoms with E-state index in [0.717, 1.165) is 24.3 Å². The van der Waals surface area contributed by atoms with E-state index in [4.69, 9.17) is 9.84 Å². The molecule has 0 aliphatic carbocycles. The van der Waals surface area contributed by atoms with Crippen LogP contribution in [0.15, 0.2) is 42.6 Å². The predicted molar refractivity (Wildman–Crippen MR) is 66.7 cm³/mol. The van der Waals surface area contributed by atoms with Gasteiger partial charge in [0.15, 0.2) is 0 Å². The van der Waals surface area contributed by atoms with Crippen molar-refractivity contribution in [1.82, 2.24) is 4.98 Å². The number of nitrogens with zero attached hydrogens (tertiary/aromatic N) is 1. The second kappa shape index (κ2) is 5.88. The molecule has 1 aromatic carbocycles. The van der Waals surface area contributed by atoms with Crippen LogP contribution in [0.3, 0.4) is 0 Å². The van der Waals surface area contributed by atoms with E-state index in [0.29, 0.717) is 6.20 Å². The first-order valence-electron chi connectivity index (χ1n) is 6.03. The number of hydrogen-bond donors (Lipinski definition) is 1. The average molecular weight is 319 g/mol. The molecule has 0 unspecified atom stereocenters. The van der Waals surface area contributed by atoms with E-state index in [1.807, 2.05) is 0 Å². The second-order valence-corrected chi connectivity index (χ2v) is 4.37. The molecule has 0 atom stereocenters. The SMILES string of the molecule is OCC(F)(F)c1ccc(Oc2ccc(C(F)(F)F)cn2)cc1. The maximum absolute atomic E-state index is 13.2. The van der Waals surface area contributed by atoms with E-state index in [1.165, 1.54) is 12.1 Å². The highest BCUT2D eigenvalue weighted by Gasteiger charge is 2.31. The van der Waals surface area contributed by atoms with Gasteiger partial charge >= 0.3 is 6.18 Å². The Morgan fingerprint density at radius 2 is 1.50 bits per heavy atom.